The standard InChI is InChI=1S/C15H23NO3/c1-8(2-13(17)18)16-15(19)14-11-4-9-3-10(6-11)7-12(14)5-9/h8-12,14H,2-7H2,1H3,(H,16,19)(H,17,18). The van der Waals surface area contributed by atoms with E-state index in [0.29, 0.717) is 11.8 Å². The van der Waals surface area contributed by atoms with Gasteiger partial charge in [0.1, 0.15) is 0 Å². The van der Waals surface area contributed by atoms with Crippen LogP contribution in [0.4, 0.5) is 0 Å². The van der Waals surface area contributed by atoms with Crippen molar-refractivity contribution in [1.29, 1.82) is 0 Å². The molecular weight excluding hydrogens is 242 g/mol. The first-order chi connectivity index (χ1) is 9.02. The van der Waals surface area contributed by atoms with E-state index in [2.05, 4.69) is 5.32 Å². The van der Waals surface area contributed by atoms with E-state index in [0.717, 1.165) is 11.8 Å². The number of amides is 1. The van der Waals surface area contributed by atoms with E-state index in [1.54, 1.807) is 6.92 Å². The van der Waals surface area contributed by atoms with Gasteiger partial charge in [0.2, 0.25) is 5.91 Å². The molecule has 106 valence electrons. The summed E-state index contributed by atoms with van der Waals surface area (Å²) in [6, 6.07) is -0.262. The molecule has 0 aromatic rings. The lowest BCUT2D eigenvalue weighted by molar-refractivity contribution is -0.140. The second-order valence-corrected chi connectivity index (χ2v) is 6.96. The van der Waals surface area contributed by atoms with Crippen molar-refractivity contribution in [2.45, 2.75) is 51.5 Å². The lowest BCUT2D eigenvalue weighted by atomic mass is 9.51. The molecule has 19 heavy (non-hydrogen) atoms. The van der Waals surface area contributed by atoms with Crippen LogP contribution in [0.5, 0.6) is 0 Å². The maximum Gasteiger partial charge on any atom is 0.305 e. The molecule has 4 bridgehead atoms. The molecule has 4 rings (SSSR count). The Balaban J connectivity index is 1.62. The summed E-state index contributed by atoms with van der Waals surface area (Å²) in [5, 5.41) is 11.7. The number of rotatable bonds is 4. The van der Waals surface area contributed by atoms with Crippen molar-refractivity contribution >= 4 is 11.9 Å². The maximum absolute atomic E-state index is 12.4. The van der Waals surface area contributed by atoms with Crippen LogP contribution in [-0.2, 0) is 9.59 Å². The quantitative estimate of drug-likeness (QED) is 0.817. The lowest BCUT2D eigenvalue weighted by Gasteiger charge is -2.53. The molecule has 1 atom stereocenters. The maximum atomic E-state index is 12.4. The van der Waals surface area contributed by atoms with Gasteiger partial charge in [0.15, 0.2) is 0 Å². The smallest absolute Gasteiger partial charge is 0.305 e. The summed E-state index contributed by atoms with van der Waals surface area (Å²) in [4.78, 5) is 23.1. The van der Waals surface area contributed by atoms with E-state index in [9.17, 15) is 9.59 Å². The monoisotopic (exact) mass is 265 g/mol. The van der Waals surface area contributed by atoms with E-state index in [1.807, 2.05) is 0 Å². The Morgan fingerprint density at radius 3 is 2.11 bits per heavy atom. The highest BCUT2D eigenvalue weighted by atomic mass is 16.4. The summed E-state index contributed by atoms with van der Waals surface area (Å²) in [7, 11) is 0. The zero-order valence-corrected chi connectivity index (χ0v) is 11.5. The molecule has 4 aliphatic rings. The molecule has 4 fully saturated rings. The summed E-state index contributed by atoms with van der Waals surface area (Å²) in [5.41, 5.74) is 0. The van der Waals surface area contributed by atoms with Gasteiger partial charge in [-0.1, -0.05) is 0 Å². The molecule has 0 saturated heterocycles. The first-order valence-electron chi connectivity index (χ1n) is 7.55. The summed E-state index contributed by atoms with van der Waals surface area (Å²) < 4.78 is 0. The fraction of sp³-hybridized carbons (Fsp3) is 0.867. The van der Waals surface area contributed by atoms with Crippen LogP contribution in [0.1, 0.15) is 45.4 Å². The van der Waals surface area contributed by atoms with Gasteiger partial charge < -0.3 is 10.4 Å². The molecule has 0 aromatic carbocycles. The van der Waals surface area contributed by atoms with Gasteiger partial charge in [0, 0.05) is 12.0 Å². The van der Waals surface area contributed by atoms with E-state index >= 15 is 0 Å². The van der Waals surface area contributed by atoms with Crippen molar-refractivity contribution in [1.82, 2.24) is 5.32 Å². The van der Waals surface area contributed by atoms with Gasteiger partial charge in [-0.25, -0.2) is 0 Å². The summed E-state index contributed by atoms with van der Waals surface area (Å²) in [6.45, 7) is 1.78. The molecular formula is C15H23NO3. The average molecular weight is 265 g/mol. The molecule has 2 N–H and O–H groups in total. The van der Waals surface area contributed by atoms with Gasteiger partial charge in [0.05, 0.1) is 6.42 Å². The Hall–Kier alpha value is -1.06. The van der Waals surface area contributed by atoms with Crippen molar-refractivity contribution in [3.05, 3.63) is 0 Å². The fourth-order valence-electron chi connectivity index (χ4n) is 5.01. The van der Waals surface area contributed by atoms with Gasteiger partial charge in [-0.15, -0.1) is 0 Å². The second-order valence-electron chi connectivity index (χ2n) is 6.96. The number of carbonyl (C=O) groups is 2. The van der Waals surface area contributed by atoms with Gasteiger partial charge in [0.25, 0.3) is 0 Å². The van der Waals surface area contributed by atoms with Gasteiger partial charge >= 0.3 is 5.97 Å². The fourth-order valence-corrected chi connectivity index (χ4v) is 5.01. The number of nitrogens with one attached hydrogen (secondary N) is 1. The highest BCUT2D eigenvalue weighted by Crippen LogP contribution is 2.56. The molecule has 1 amide bonds. The highest BCUT2D eigenvalue weighted by molar-refractivity contribution is 5.80. The number of hydrogen-bond acceptors (Lipinski definition) is 2. The van der Waals surface area contributed by atoms with Crippen molar-refractivity contribution < 1.29 is 14.7 Å². The summed E-state index contributed by atoms with van der Waals surface area (Å²) in [5.74, 6) is 2.28. The summed E-state index contributed by atoms with van der Waals surface area (Å²) >= 11 is 0. The van der Waals surface area contributed by atoms with Crippen LogP contribution in [0.25, 0.3) is 0 Å². The van der Waals surface area contributed by atoms with Crippen LogP contribution in [0.2, 0.25) is 0 Å². The number of carboxylic acids is 1. The highest BCUT2D eigenvalue weighted by Gasteiger charge is 2.50. The topological polar surface area (TPSA) is 66.4 Å². The lowest BCUT2D eigenvalue weighted by Crippen LogP contribution is -2.52. The molecule has 4 aliphatic carbocycles. The predicted molar refractivity (Wildman–Crippen MR) is 70.4 cm³/mol. The Bertz CT molecular complexity index is 365. The SMILES string of the molecule is CC(CC(=O)O)NC(=O)C1C2CC3CC(C2)CC1C3. The van der Waals surface area contributed by atoms with Gasteiger partial charge in [-0.05, 0) is 62.7 Å². The predicted octanol–water partition coefficient (Wildman–Crippen LogP) is 2.04. The number of hydrogen-bond donors (Lipinski definition) is 2. The second kappa shape index (κ2) is 4.80. The van der Waals surface area contributed by atoms with Crippen LogP contribution >= 0.6 is 0 Å². The Morgan fingerprint density at radius 1 is 1.11 bits per heavy atom. The van der Waals surface area contributed by atoms with Crippen LogP contribution in [-0.4, -0.2) is 23.0 Å². The van der Waals surface area contributed by atoms with Crippen LogP contribution in [0, 0.1) is 29.6 Å². The number of aliphatic carboxylic acids is 1. The molecule has 4 saturated carbocycles. The average Bonchev–Trinajstić information content (AvgIpc) is 2.25. The Morgan fingerprint density at radius 2 is 1.63 bits per heavy atom. The summed E-state index contributed by atoms with van der Waals surface area (Å²) in [6.07, 6.45) is 6.28. The normalized spacial score (nSPS) is 41.0. The third kappa shape index (κ3) is 2.49. The number of carboxylic acid groups (broad SMARTS) is 1. The molecule has 4 heteroatoms. The Labute approximate surface area is 113 Å². The molecule has 0 aliphatic heterocycles. The Kier molecular flexibility index (Phi) is 3.27. The van der Waals surface area contributed by atoms with Crippen molar-refractivity contribution in [2.24, 2.45) is 29.6 Å². The van der Waals surface area contributed by atoms with Crippen molar-refractivity contribution in [3.63, 3.8) is 0 Å². The number of carbonyl (C=O) groups excluding carboxylic acids is 1. The van der Waals surface area contributed by atoms with E-state index < -0.39 is 5.97 Å². The van der Waals surface area contributed by atoms with Crippen molar-refractivity contribution in [3.8, 4) is 0 Å². The van der Waals surface area contributed by atoms with Gasteiger partial charge in [-0.2, -0.15) is 0 Å². The zero-order valence-electron chi connectivity index (χ0n) is 11.5. The molecule has 4 nitrogen and oxygen atoms in total. The van der Waals surface area contributed by atoms with Crippen molar-refractivity contribution in [2.75, 3.05) is 0 Å². The van der Waals surface area contributed by atoms with E-state index in [4.69, 9.17) is 5.11 Å². The molecule has 0 radical (unpaired) electrons. The van der Waals surface area contributed by atoms with Crippen LogP contribution < -0.4 is 5.32 Å². The first kappa shape index (κ1) is 12.9. The minimum atomic E-state index is -0.849. The first-order valence-corrected chi connectivity index (χ1v) is 7.55. The third-order valence-corrected chi connectivity index (χ3v) is 5.40. The third-order valence-electron chi connectivity index (χ3n) is 5.40. The minimum Gasteiger partial charge on any atom is -0.481 e. The molecule has 0 heterocycles. The van der Waals surface area contributed by atoms with Crippen LogP contribution in [0.15, 0.2) is 0 Å². The molecule has 1 unspecified atom stereocenters. The van der Waals surface area contributed by atoms with E-state index in [1.165, 1.54) is 32.1 Å². The largest absolute Gasteiger partial charge is 0.481 e. The zero-order chi connectivity index (χ0) is 13.6. The van der Waals surface area contributed by atoms with Gasteiger partial charge in [-0.3, -0.25) is 9.59 Å². The van der Waals surface area contributed by atoms with E-state index in [-0.39, 0.29) is 24.3 Å². The molecule has 0 aromatic heterocycles. The van der Waals surface area contributed by atoms with Crippen LogP contribution in [0.3, 0.4) is 0 Å². The molecule has 0 spiro atoms. The minimum absolute atomic E-state index is 0.0129.